The second kappa shape index (κ2) is 14.7. The summed E-state index contributed by atoms with van der Waals surface area (Å²) in [6.07, 6.45) is -0.386. The Balaban J connectivity index is 1.15. The molecule has 2 aliphatic heterocycles. The van der Waals surface area contributed by atoms with Gasteiger partial charge in [0.05, 0.1) is 43.8 Å². The molecule has 1 unspecified atom stereocenters. The van der Waals surface area contributed by atoms with E-state index in [9.17, 15) is 22.8 Å². The Morgan fingerprint density at radius 3 is 2.43 bits per heavy atom. The van der Waals surface area contributed by atoms with Gasteiger partial charge in [-0.15, -0.1) is 0 Å². The topological polar surface area (TPSA) is 163 Å². The number of nitrogens with zero attached hydrogens (tertiary/aromatic N) is 9. The average molecular weight is 657 g/mol. The van der Waals surface area contributed by atoms with Crippen molar-refractivity contribution >= 4 is 17.5 Å². The van der Waals surface area contributed by atoms with Crippen LogP contribution in [0.2, 0.25) is 0 Å². The lowest BCUT2D eigenvalue weighted by atomic mass is 10.0. The second-order valence-corrected chi connectivity index (χ2v) is 11.4. The van der Waals surface area contributed by atoms with Crippen molar-refractivity contribution in [1.29, 1.82) is 0 Å². The number of carbonyl (C=O) groups excluding carboxylic acids is 1. The number of alkyl halides is 3. The lowest BCUT2D eigenvalue weighted by Crippen LogP contribution is -2.47. The zero-order chi connectivity index (χ0) is 33.6. The van der Waals surface area contributed by atoms with E-state index < -0.39 is 23.9 Å². The second-order valence-electron chi connectivity index (χ2n) is 11.4. The number of benzene rings is 1. The van der Waals surface area contributed by atoms with Crippen molar-refractivity contribution in [3.63, 3.8) is 0 Å². The summed E-state index contributed by atoms with van der Waals surface area (Å²) in [5.41, 5.74) is 9.51. The number of aromatic nitrogens is 4. The van der Waals surface area contributed by atoms with Crippen LogP contribution in [0.15, 0.2) is 52.8 Å². The van der Waals surface area contributed by atoms with Gasteiger partial charge in [-0.2, -0.15) is 18.3 Å². The molecular formula is C30H35F3N10O4. The molecule has 250 valence electrons. The molecule has 2 fully saturated rings. The van der Waals surface area contributed by atoms with Crippen LogP contribution in [0.1, 0.15) is 36.0 Å². The monoisotopic (exact) mass is 656 g/mol. The minimum absolute atomic E-state index is 0.0139. The first-order valence-electron chi connectivity index (χ1n) is 15.1. The number of likely N-dealkylation sites (tertiary alicyclic amines) is 1. The van der Waals surface area contributed by atoms with Crippen molar-refractivity contribution in [3.05, 3.63) is 80.3 Å². The van der Waals surface area contributed by atoms with Crippen LogP contribution in [0.3, 0.4) is 0 Å². The number of ether oxygens (including phenoxy) is 2. The Morgan fingerprint density at radius 2 is 1.79 bits per heavy atom. The highest BCUT2D eigenvalue weighted by Gasteiger charge is 2.38. The van der Waals surface area contributed by atoms with Gasteiger partial charge in [-0.05, 0) is 43.0 Å². The molecule has 0 saturated carbocycles. The third-order valence-corrected chi connectivity index (χ3v) is 8.34. The van der Waals surface area contributed by atoms with E-state index in [0.29, 0.717) is 55.9 Å². The summed E-state index contributed by atoms with van der Waals surface area (Å²) in [7, 11) is 1.58. The first-order valence-corrected chi connectivity index (χ1v) is 15.1. The van der Waals surface area contributed by atoms with Gasteiger partial charge in [-0.25, -0.2) is 14.6 Å². The third-order valence-electron chi connectivity index (χ3n) is 8.34. The molecule has 2 atom stereocenters. The van der Waals surface area contributed by atoms with Crippen LogP contribution in [0.25, 0.3) is 10.4 Å². The largest absolute Gasteiger partial charge is 0.497 e. The molecule has 1 amide bonds. The zero-order valence-electron chi connectivity index (χ0n) is 25.9. The predicted molar refractivity (Wildman–Crippen MR) is 165 cm³/mol. The van der Waals surface area contributed by atoms with Gasteiger partial charge in [-0.1, -0.05) is 17.2 Å². The van der Waals surface area contributed by atoms with Gasteiger partial charge < -0.3 is 24.6 Å². The fourth-order valence-corrected chi connectivity index (χ4v) is 5.68. The maximum atomic E-state index is 13.3. The predicted octanol–water partition coefficient (Wildman–Crippen LogP) is 3.79. The molecule has 14 nitrogen and oxygen atoms in total. The number of rotatable bonds is 12. The number of nitrogens with one attached hydrogen (secondary N) is 1. The quantitative estimate of drug-likeness (QED) is 0.174. The molecule has 4 heterocycles. The highest BCUT2D eigenvalue weighted by molar-refractivity contribution is 5.83. The molecule has 2 aromatic heterocycles. The van der Waals surface area contributed by atoms with Crippen LogP contribution in [0.4, 0.5) is 24.8 Å². The normalized spacial score (nSPS) is 17.8. The van der Waals surface area contributed by atoms with Crippen molar-refractivity contribution in [1.82, 2.24) is 24.6 Å². The number of anilines is 2. The number of azide groups is 1. The van der Waals surface area contributed by atoms with E-state index in [1.807, 2.05) is 29.2 Å². The van der Waals surface area contributed by atoms with Crippen LogP contribution < -0.4 is 20.5 Å². The molecular weight excluding hydrogens is 621 g/mol. The smallest absolute Gasteiger partial charge is 0.419 e. The van der Waals surface area contributed by atoms with Crippen LogP contribution in [-0.2, 0) is 22.3 Å². The van der Waals surface area contributed by atoms with Gasteiger partial charge in [0.1, 0.15) is 11.9 Å². The molecule has 1 N–H and O–H groups in total. The Morgan fingerprint density at radius 1 is 1.09 bits per heavy atom. The highest BCUT2D eigenvalue weighted by atomic mass is 19.4. The molecule has 47 heavy (non-hydrogen) atoms. The van der Waals surface area contributed by atoms with Gasteiger partial charge in [-0.3, -0.25) is 9.59 Å². The lowest BCUT2D eigenvalue weighted by Gasteiger charge is -2.36. The minimum Gasteiger partial charge on any atom is -0.497 e. The van der Waals surface area contributed by atoms with Crippen LogP contribution in [0.5, 0.6) is 5.75 Å². The van der Waals surface area contributed by atoms with Gasteiger partial charge in [0.2, 0.25) is 5.95 Å². The summed E-state index contributed by atoms with van der Waals surface area (Å²) < 4.78 is 51.1. The summed E-state index contributed by atoms with van der Waals surface area (Å²) in [6.45, 7) is 3.51. The number of hydrogen-bond acceptors (Lipinski definition) is 10. The number of hydrogen-bond donors (Lipinski definition) is 1. The molecule has 3 aromatic rings. The fraction of sp³-hybridized carbons (Fsp3) is 0.500. The van der Waals surface area contributed by atoms with Gasteiger partial charge >= 0.3 is 6.18 Å². The average Bonchev–Trinajstić information content (AvgIpc) is 3.45. The van der Waals surface area contributed by atoms with E-state index in [1.54, 1.807) is 18.9 Å². The number of methoxy groups -OCH3 is 1. The third kappa shape index (κ3) is 8.10. The van der Waals surface area contributed by atoms with Crippen LogP contribution >= 0.6 is 0 Å². The van der Waals surface area contributed by atoms with E-state index in [-0.39, 0.29) is 43.2 Å². The Kier molecular flexibility index (Phi) is 10.5. The van der Waals surface area contributed by atoms with Crippen molar-refractivity contribution in [2.24, 2.45) is 5.11 Å². The van der Waals surface area contributed by atoms with Crippen molar-refractivity contribution in [2.45, 2.75) is 57.1 Å². The van der Waals surface area contributed by atoms with Gasteiger partial charge in [0, 0.05) is 61.5 Å². The van der Waals surface area contributed by atoms with E-state index in [2.05, 4.69) is 30.4 Å². The fourth-order valence-electron chi connectivity index (χ4n) is 5.68. The first-order chi connectivity index (χ1) is 22.6. The standard InChI is InChI=1S/C30H35F3N10O4/c1-19-25(16-38-43(27(19)44)17-20-3-5-24(46-2)6-4-20)39-22(15-37-40-34)18-47-26-9-12-42(28(26)45)23-7-10-41(11-8-23)29-35-13-21(14-36-29)30(31,32)33/h3-6,13-14,16,22-23,26,39H,7-12,15,17-18H2,1-2H3/t22-,26?/m0/s1. The van der Waals surface area contributed by atoms with Crippen LogP contribution in [0, 0.1) is 6.92 Å². The molecule has 1 aromatic carbocycles. The molecule has 5 rings (SSSR count). The molecule has 2 saturated heterocycles. The Labute approximate surface area is 268 Å². The lowest BCUT2D eigenvalue weighted by molar-refractivity contribution is -0.139. The number of carbonyl (C=O) groups is 1. The molecule has 17 heteroatoms. The van der Waals surface area contributed by atoms with E-state index in [4.69, 9.17) is 15.0 Å². The number of piperidine rings is 1. The van der Waals surface area contributed by atoms with E-state index in [0.717, 1.165) is 18.0 Å². The summed E-state index contributed by atoms with van der Waals surface area (Å²) in [5.74, 6) is 0.792. The summed E-state index contributed by atoms with van der Waals surface area (Å²) in [4.78, 5) is 40.6. The molecule has 2 aliphatic rings. The minimum atomic E-state index is -4.50. The molecule has 0 aliphatic carbocycles. The summed E-state index contributed by atoms with van der Waals surface area (Å²) in [5, 5.41) is 11.2. The first kappa shape index (κ1) is 33.5. The van der Waals surface area contributed by atoms with Gasteiger partial charge in [0.25, 0.3) is 11.5 Å². The number of halogens is 3. The molecule has 0 bridgehead atoms. The maximum Gasteiger partial charge on any atom is 0.419 e. The zero-order valence-corrected chi connectivity index (χ0v) is 25.9. The Hall–Kier alpha value is -4.89. The SMILES string of the molecule is COc1ccc(Cn2ncc(N[C@@H](CN=[N+]=[N-])COC3CCN(C4CCN(c5ncc(C(F)(F)F)cn5)CC4)C3=O)c(C)c2=O)cc1. The molecule has 0 radical (unpaired) electrons. The van der Waals surface area contributed by atoms with E-state index >= 15 is 0 Å². The van der Waals surface area contributed by atoms with Gasteiger partial charge in [0.15, 0.2) is 0 Å². The maximum absolute atomic E-state index is 13.3. The summed E-state index contributed by atoms with van der Waals surface area (Å²) >= 11 is 0. The Bertz CT molecular complexity index is 1640. The van der Waals surface area contributed by atoms with Crippen molar-refractivity contribution in [3.8, 4) is 5.75 Å². The van der Waals surface area contributed by atoms with Crippen molar-refractivity contribution < 1.29 is 27.4 Å². The van der Waals surface area contributed by atoms with Crippen LogP contribution in [-0.4, -0.2) is 88.6 Å². The van der Waals surface area contributed by atoms with Crippen molar-refractivity contribution in [2.75, 3.05) is 50.1 Å². The highest BCUT2D eigenvalue weighted by Crippen LogP contribution is 2.30. The van der Waals surface area contributed by atoms with E-state index in [1.165, 1.54) is 10.9 Å². The number of amides is 1. The molecule has 0 spiro atoms. The summed E-state index contributed by atoms with van der Waals surface area (Å²) in [6, 6.07) is 6.75.